The average molecular weight is 564 g/mol. The van der Waals surface area contributed by atoms with Crippen molar-refractivity contribution in [3.8, 4) is 5.75 Å². The maximum Gasteiger partial charge on any atom is 0.254 e. The fraction of sp³-hybridized carbons (Fsp3) is 0.438. The molecule has 40 heavy (non-hydrogen) atoms. The molecule has 2 amide bonds. The second kappa shape index (κ2) is 13.0. The summed E-state index contributed by atoms with van der Waals surface area (Å²) in [6, 6.07) is 16.2. The van der Waals surface area contributed by atoms with E-state index in [1.165, 1.54) is 16.5 Å². The van der Waals surface area contributed by atoms with E-state index in [1.807, 2.05) is 47.1 Å². The zero-order valence-corrected chi connectivity index (χ0v) is 24.2. The molecule has 2 aliphatic rings. The van der Waals surface area contributed by atoms with Crippen LogP contribution in [0.25, 0.3) is 0 Å². The van der Waals surface area contributed by atoms with Crippen LogP contribution in [0.2, 0.25) is 0 Å². The highest BCUT2D eigenvalue weighted by Gasteiger charge is 2.33. The Morgan fingerprint density at radius 2 is 1.90 bits per heavy atom. The summed E-state index contributed by atoms with van der Waals surface area (Å²) in [6.45, 7) is 7.79. The molecule has 2 atom stereocenters. The van der Waals surface area contributed by atoms with Crippen molar-refractivity contribution in [2.75, 3.05) is 39.3 Å². The van der Waals surface area contributed by atoms with E-state index in [0.29, 0.717) is 44.8 Å². The van der Waals surface area contributed by atoms with Gasteiger partial charge < -0.3 is 14.5 Å². The van der Waals surface area contributed by atoms with Gasteiger partial charge >= 0.3 is 0 Å². The molecule has 0 unspecified atom stereocenters. The van der Waals surface area contributed by atoms with E-state index in [9.17, 15) is 14.0 Å². The molecule has 8 heteroatoms. The molecular formula is C32H38FN3O3S. The molecule has 6 nitrogen and oxygen atoms in total. The van der Waals surface area contributed by atoms with Gasteiger partial charge in [-0.3, -0.25) is 14.5 Å². The molecule has 3 heterocycles. The summed E-state index contributed by atoms with van der Waals surface area (Å²) in [5, 5.41) is 2.10. The van der Waals surface area contributed by atoms with Crippen molar-refractivity contribution < 1.29 is 18.7 Å². The first-order valence-corrected chi connectivity index (χ1v) is 15.2. The summed E-state index contributed by atoms with van der Waals surface area (Å²) in [5.41, 5.74) is 2.78. The van der Waals surface area contributed by atoms with Gasteiger partial charge in [-0.15, -0.1) is 11.3 Å². The van der Waals surface area contributed by atoms with Gasteiger partial charge in [0.2, 0.25) is 5.91 Å². The molecule has 0 spiro atoms. The highest BCUT2D eigenvalue weighted by molar-refractivity contribution is 7.10. The molecule has 0 radical (unpaired) electrons. The molecule has 3 aromatic rings. The van der Waals surface area contributed by atoms with Gasteiger partial charge in [-0.25, -0.2) is 4.39 Å². The van der Waals surface area contributed by atoms with E-state index in [0.717, 1.165) is 37.1 Å². The zero-order valence-electron chi connectivity index (χ0n) is 23.4. The van der Waals surface area contributed by atoms with E-state index in [-0.39, 0.29) is 29.7 Å². The van der Waals surface area contributed by atoms with Crippen LogP contribution >= 0.6 is 11.3 Å². The lowest BCUT2D eigenvalue weighted by molar-refractivity contribution is -0.134. The van der Waals surface area contributed by atoms with Gasteiger partial charge in [0, 0.05) is 55.6 Å². The molecule has 1 aromatic heterocycles. The number of hydrogen-bond donors (Lipinski definition) is 0. The Kier molecular flexibility index (Phi) is 9.17. The number of thiophene rings is 1. The lowest BCUT2D eigenvalue weighted by Crippen LogP contribution is -2.55. The second-order valence-electron chi connectivity index (χ2n) is 10.7. The number of amides is 2. The van der Waals surface area contributed by atoms with Crippen LogP contribution < -0.4 is 4.74 Å². The van der Waals surface area contributed by atoms with Crippen LogP contribution in [0.15, 0.2) is 60.0 Å². The summed E-state index contributed by atoms with van der Waals surface area (Å²) < 4.78 is 19.8. The highest BCUT2D eigenvalue weighted by Crippen LogP contribution is 2.38. The molecule has 0 saturated carbocycles. The number of rotatable bonds is 9. The number of hydrogen-bond acceptors (Lipinski definition) is 5. The van der Waals surface area contributed by atoms with Crippen LogP contribution in [-0.4, -0.2) is 71.9 Å². The minimum Gasteiger partial charge on any atom is -0.494 e. The molecule has 2 aliphatic heterocycles. The Bertz CT molecular complexity index is 1310. The maximum atomic E-state index is 14.1. The number of carbonyl (C=O) groups is 2. The summed E-state index contributed by atoms with van der Waals surface area (Å²) in [7, 11) is 0. The third-order valence-electron chi connectivity index (χ3n) is 7.95. The Morgan fingerprint density at radius 3 is 2.65 bits per heavy atom. The third kappa shape index (κ3) is 6.39. The Balaban J connectivity index is 1.17. The van der Waals surface area contributed by atoms with Crippen molar-refractivity contribution in [1.82, 2.24) is 14.7 Å². The molecule has 0 bridgehead atoms. The number of unbranched alkanes of at least 4 members (excludes halogenated alkanes) is 1. The fourth-order valence-corrected chi connectivity index (χ4v) is 6.66. The van der Waals surface area contributed by atoms with Crippen molar-refractivity contribution in [2.24, 2.45) is 0 Å². The molecule has 1 saturated heterocycles. The average Bonchev–Trinajstić information content (AvgIpc) is 3.44. The van der Waals surface area contributed by atoms with Crippen molar-refractivity contribution in [3.05, 3.63) is 87.4 Å². The zero-order chi connectivity index (χ0) is 28.1. The molecule has 0 N–H and O–H groups in total. The first kappa shape index (κ1) is 28.3. The second-order valence-corrected chi connectivity index (χ2v) is 11.7. The number of fused-ring (bicyclic) bond motifs is 1. The third-order valence-corrected chi connectivity index (χ3v) is 8.95. The van der Waals surface area contributed by atoms with Crippen LogP contribution in [0, 0.1) is 5.82 Å². The SMILES string of the molecule is CCCCOc1ccc(C(=O)N2CCN(C(=O)CCN3CCc4sccc4[C@H]3c3cccc(F)c3)C[C@H]2C)cc1. The number of carbonyl (C=O) groups excluding carboxylic acids is 2. The minimum absolute atomic E-state index is 0.0162. The Morgan fingerprint density at radius 1 is 1.07 bits per heavy atom. The monoisotopic (exact) mass is 563 g/mol. The van der Waals surface area contributed by atoms with Gasteiger partial charge in [-0.05, 0) is 78.7 Å². The summed E-state index contributed by atoms with van der Waals surface area (Å²) >= 11 is 1.75. The topological polar surface area (TPSA) is 53.1 Å². The van der Waals surface area contributed by atoms with E-state index in [4.69, 9.17) is 4.74 Å². The van der Waals surface area contributed by atoms with Crippen LogP contribution in [0.4, 0.5) is 4.39 Å². The normalized spacial score (nSPS) is 19.4. The van der Waals surface area contributed by atoms with Crippen molar-refractivity contribution in [1.29, 1.82) is 0 Å². The summed E-state index contributed by atoms with van der Waals surface area (Å²) in [4.78, 5) is 33.9. The lowest BCUT2D eigenvalue weighted by atomic mass is 9.93. The molecule has 5 rings (SSSR count). The minimum atomic E-state index is -0.242. The maximum absolute atomic E-state index is 14.1. The predicted molar refractivity (Wildman–Crippen MR) is 156 cm³/mol. The highest BCUT2D eigenvalue weighted by atomic mass is 32.1. The molecule has 1 fully saturated rings. The largest absolute Gasteiger partial charge is 0.494 e. The van der Waals surface area contributed by atoms with Crippen molar-refractivity contribution >= 4 is 23.2 Å². The van der Waals surface area contributed by atoms with E-state index < -0.39 is 0 Å². The van der Waals surface area contributed by atoms with E-state index in [1.54, 1.807) is 23.5 Å². The van der Waals surface area contributed by atoms with Gasteiger partial charge in [-0.1, -0.05) is 25.5 Å². The summed E-state index contributed by atoms with van der Waals surface area (Å²) in [5.74, 6) is 0.615. The molecular weight excluding hydrogens is 525 g/mol. The standard InChI is InChI=1S/C32H38FN3O3S/c1-3-4-19-39-27-10-8-24(9-11-27)32(38)36-18-17-35(22-23(36)2)30(37)13-16-34-15-12-29-28(14-20-40-29)31(34)25-6-5-7-26(33)21-25/h5-11,14,20-21,23,31H,3-4,12-13,15-19,22H2,1-2H3/t23-,31-/m1/s1. The van der Waals surface area contributed by atoms with E-state index >= 15 is 0 Å². The van der Waals surface area contributed by atoms with Gasteiger partial charge in [0.15, 0.2) is 0 Å². The van der Waals surface area contributed by atoms with Crippen molar-refractivity contribution in [3.63, 3.8) is 0 Å². The Hall–Kier alpha value is -3.23. The van der Waals surface area contributed by atoms with E-state index in [2.05, 4.69) is 23.3 Å². The van der Waals surface area contributed by atoms with Gasteiger partial charge in [0.05, 0.1) is 12.6 Å². The molecule has 2 aromatic carbocycles. The van der Waals surface area contributed by atoms with Gasteiger partial charge in [-0.2, -0.15) is 0 Å². The van der Waals surface area contributed by atoms with Crippen LogP contribution in [0.5, 0.6) is 5.75 Å². The lowest BCUT2D eigenvalue weighted by Gasteiger charge is -2.41. The van der Waals surface area contributed by atoms with Crippen LogP contribution in [-0.2, 0) is 11.2 Å². The molecule has 212 valence electrons. The molecule has 0 aliphatic carbocycles. The number of benzene rings is 2. The number of halogens is 1. The number of nitrogens with zero attached hydrogens (tertiary/aromatic N) is 3. The Labute approximate surface area is 240 Å². The first-order valence-electron chi connectivity index (χ1n) is 14.3. The van der Waals surface area contributed by atoms with Gasteiger partial charge in [0.1, 0.15) is 11.6 Å². The number of ether oxygens (including phenoxy) is 1. The van der Waals surface area contributed by atoms with Crippen LogP contribution in [0.1, 0.15) is 65.5 Å². The van der Waals surface area contributed by atoms with Crippen molar-refractivity contribution in [2.45, 2.75) is 51.6 Å². The van der Waals surface area contributed by atoms with Crippen LogP contribution in [0.3, 0.4) is 0 Å². The summed E-state index contributed by atoms with van der Waals surface area (Å²) in [6.07, 6.45) is 3.41. The van der Waals surface area contributed by atoms with Gasteiger partial charge in [0.25, 0.3) is 5.91 Å². The quantitative estimate of drug-likeness (QED) is 0.310. The fourth-order valence-electron chi connectivity index (χ4n) is 5.75. The number of piperazine rings is 1. The smallest absolute Gasteiger partial charge is 0.254 e. The predicted octanol–water partition coefficient (Wildman–Crippen LogP) is 5.78. The first-order chi connectivity index (χ1) is 19.4.